The van der Waals surface area contributed by atoms with Crippen molar-refractivity contribution < 1.29 is 13.2 Å². The third-order valence-electron chi connectivity index (χ3n) is 6.27. The van der Waals surface area contributed by atoms with Crippen LogP contribution >= 0.6 is 11.6 Å². The Labute approximate surface area is 183 Å². The summed E-state index contributed by atoms with van der Waals surface area (Å²) in [5, 5.41) is 0.732. The van der Waals surface area contributed by atoms with Crippen LogP contribution in [0, 0.1) is 13.8 Å². The maximum atomic E-state index is 13.0. The van der Waals surface area contributed by atoms with E-state index in [4.69, 9.17) is 11.6 Å². The van der Waals surface area contributed by atoms with E-state index in [-0.39, 0.29) is 23.3 Å². The molecule has 4 rings (SSSR count). The molecule has 0 radical (unpaired) electrons. The SMILES string of the molecule is Cc1cc(C(=O)CN2CCN(c3cccc(Cl)c3)CC2)c(C)n1[C@@H]1CCS(=O)(=O)C1. The topological polar surface area (TPSA) is 62.6 Å². The number of halogens is 1. The minimum Gasteiger partial charge on any atom is -0.369 e. The molecule has 2 aliphatic rings. The van der Waals surface area contributed by atoms with Gasteiger partial charge in [-0.3, -0.25) is 9.69 Å². The van der Waals surface area contributed by atoms with Crippen LogP contribution < -0.4 is 4.90 Å². The summed E-state index contributed by atoms with van der Waals surface area (Å²) >= 11 is 6.10. The smallest absolute Gasteiger partial charge is 0.178 e. The molecule has 0 spiro atoms. The van der Waals surface area contributed by atoms with Crippen molar-refractivity contribution in [3.63, 3.8) is 0 Å². The lowest BCUT2D eigenvalue weighted by molar-refractivity contribution is 0.0925. The number of aromatic nitrogens is 1. The zero-order valence-electron chi connectivity index (χ0n) is 17.5. The number of aryl methyl sites for hydroxylation is 1. The second kappa shape index (κ2) is 8.36. The van der Waals surface area contributed by atoms with Crippen molar-refractivity contribution in [2.75, 3.05) is 49.1 Å². The number of carbonyl (C=O) groups is 1. The van der Waals surface area contributed by atoms with E-state index < -0.39 is 9.84 Å². The third-order valence-corrected chi connectivity index (χ3v) is 8.26. The first kappa shape index (κ1) is 21.4. The molecule has 1 aromatic heterocycles. The Morgan fingerprint density at radius 2 is 1.87 bits per heavy atom. The zero-order valence-corrected chi connectivity index (χ0v) is 19.0. The summed E-state index contributed by atoms with van der Waals surface area (Å²) in [5.41, 5.74) is 3.68. The van der Waals surface area contributed by atoms with Crippen LogP contribution in [0.5, 0.6) is 0 Å². The van der Waals surface area contributed by atoms with Crippen LogP contribution in [-0.2, 0) is 9.84 Å². The number of piperazine rings is 1. The molecule has 0 aliphatic carbocycles. The second-order valence-corrected chi connectivity index (χ2v) is 11.0. The predicted octanol–water partition coefficient (Wildman–Crippen LogP) is 3.12. The highest BCUT2D eigenvalue weighted by Gasteiger charge is 2.32. The van der Waals surface area contributed by atoms with Gasteiger partial charge in [0, 0.05) is 59.9 Å². The molecule has 30 heavy (non-hydrogen) atoms. The van der Waals surface area contributed by atoms with E-state index in [2.05, 4.69) is 20.4 Å². The minimum absolute atomic E-state index is 0.0576. The van der Waals surface area contributed by atoms with Crippen molar-refractivity contribution in [2.24, 2.45) is 0 Å². The van der Waals surface area contributed by atoms with Gasteiger partial charge >= 0.3 is 0 Å². The molecule has 0 N–H and O–H groups in total. The Bertz CT molecular complexity index is 1060. The van der Waals surface area contributed by atoms with E-state index in [0.717, 1.165) is 48.3 Å². The largest absolute Gasteiger partial charge is 0.369 e. The second-order valence-electron chi connectivity index (χ2n) is 8.38. The molecule has 3 heterocycles. The van der Waals surface area contributed by atoms with E-state index in [1.54, 1.807) is 0 Å². The average molecular weight is 450 g/mol. The van der Waals surface area contributed by atoms with E-state index in [1.165, 1.54) is 0 Å². The summed E-state index contributed by atoms with van der Waals surface area (Å²) in [5.74, 6) is 0.503. The molecule has 1 atom stereocenters. The van der Waals surface area contributed by atoms with Crippen molar-refractivity contribution >= 4 is 32.9 Å². The van der Waals surface area contributed by atoms with Crippen LogP contribution in [0.4, 0.5) is 5.69 Å². The van der Waals surface area contributed by atoms with E-state index in [0.29, 0.717) is 18.5 Å². The van der Waals surface area contributed by atoms with Crippen LogP contribution in [0.25, 0.3) is 0 Å². The highest BCUT2D eigenvalue weighted by molar-refractivity contribution is 7.91. The van der Waals surface area contributed by atoms with Crippen molar-refractivity contribution in [1.29, 1.82) is 0 Å². The maximum absolute atomic E-state index is 13.0. The lowest BCUT2D eigenvalue weighted by Gasteiger charge is -2.35. The summed E-state index contributed by atoms with van der Waals surface area (Å²) in [7, 11) is -2.97. The van der Waals surface area contributed by atoms with Gasteiger partial charge in [0.1, 0.15) is 0 Å². The molecule has 8 heteroatoms. The quantitative estimate of drug-likeness (QED) is 0.656. The average Bonchev–Trinajstić information content (AvgIpc) is 3.20. The molecule has 2 aliphatic heterocycles. The Morgan fingerprint density at radius 3 is 2.50 bits per heavy atom. The Morgan fingerprint density at radius 1 is 1.13 bits per heavy atom. The van der Waals surface area contributed by atoms with Gasteiger partial charge in [-0.05, 0) is 44.5 Å². The van der Waals surface area contributed by atoms with E-state index in [1.807, 2.05) is 38.1 Å². The Balaban J connectivity index is 1.40. The van der Waals surface area contributed by atoms with Gasteiger partial charge in [0.25, 0.3) is 0 Å². The number of hydrogen-bond acceptors (Lipinski definition) is 5. The number of ketones is 1. The molecule has 2 aromatic rings. The molecule has 162 valence electrons. The number of nitrogens with zero attached hydrogens (tertiary/aromatic N) is 3. The summed E-state index contributed by atoms with van der Waals surface area (Å²) < 4.78 is 25.8. The van der Waals surface area contributed by atoms with Crippen molar-refractivity contribution in [3.05, 3.63) is 52.3 Å². The molecular formula is C22H28ClN3O3S. The Kier molecular flexibility index (Phi) is 5.97. The number of anilines is 1. The predicted molar refractivity (Wildman–Crippen MR) is 121 cm³/mol. The monoisotopic (exact) mass is 449 g/mol. The first-order valence-electron chi connectivity index (χ1n) is 10.4. The third kappa shape index (κ3) is 4.43. The molecule has 2 fully saturated rings. The van der Waals surface area contributed by atoms with Crippen molar-refractivity contribution in [1.82, 2.24) is 9.47 Å². The van der Waals surface area contributed by atoms with E-state index in [9.17, 15) is 13.2 Å². The van der Waals surface area contributed by atoms with Crippen LogP contribution in [-0.4, -0.2) is 67.9 Å². The Hall–Kier alpha value is -1.83. The van der Waals surface area contributed by atoms with Crippen LogP contribution in [0.2, 0.25) is 5.02 Å². The molecular weight excluding hydrogens is 422 g/mol. The van der Waals surface area contributed by atoms with Gasteiger partial charge in [-0.1, -0.05) is 17.7 Å². The highest BCUT2D eigenvalue weighted by Crippen LogP contribution is 2.29. The number of rotatable bonds is 5. The fraction of sp³-hybridized carbons (Fsp3) is 0.500. The van der Waals surface area contributed by atoms with Gasteiger partial charge in [-0.2, -0.15) is 0 Å². The normalized spacial score (nSPS) is 21.8. The molecule has 0 amide bonds. The summed E-state index contributed by atoms with van der Waals surface area (Å²) in [4.78, 5) is 17.5. The summed E-state index contributed by atoms with van der Waals surface area (Å²) in [6, 6.07) is 9.73. The first-order valence-corrected chi connectivity index (χ1v) is 12.6. The summed E-state index contributed by atoms with van der Waals surface area (Å²) in [6.45, 7) is 7.62. The van der Waals surface area contributed by atoms with Crippen molar-refractivity contribution in [2.45, 2.75) is 26.3 Å². The molecule has 0 bridgehead atoms. The number of sulfone groups is 1. The number of Topliss-reactive ketones (excluding diaryl/α,β-unsaturated/α-hetero) is 1. The standard InChI is InChI=1S/C22H28ClN3O3S/c1-16-12-21(17(2)26(16)20-6-11-30(28,29)15-20)22(27)14-24-7-9-25(10-8-24)19-5-3-4-18(23)13-19/h3-5,12-13,20H,6-11,14-15H2,1-2H3/t20-/m1/s1. The molecule has 0 saturated carbocycles. The lowest BCUT2D eigenvalue weighted by Crippen LogP contribution is -2.48. The van der Waals surface area contributed by atoms with Gasteiger partial charge in [0.05, 0.1) is 18.1 Å². The molecule has 2 saturated heterocycles. The van der Waals surface area contributed by atoms with Crippen molar-refractivity contribution in [3.8, 4) is 0 Å². The molecule has 1 aromatic carbocycles. The van der Waals surface area contributed by atoms with Gasteiger partial charge in [0.15, 0.2) is 15.6 Å². The van der Waals surface area contributed by atoms with E-state index >= 15 is 0 Å². The summed E-state index contributed by atoms with van der Waals surface area (Å²) in [6.07, 6.45) is 0.623. The number of carbonyl (C=O) groups excluding carboxylic acids is 1. The lowest BCUT2D eigenvalue weighted by atomic mass is 10.1. The zero-order chi connectivity index (χ0) is 21.5. The highest BCUT2D eigenvalue weighted by atomic mass is 35.5. The molecule has 6 nitrogen and oxygen atoms in total. The number of benzene rings is 1. The maximum Gasteiger partial charge on any atom is 0.178 e. The van der Waals surface area contributed by atoms with Gasteiger partial charge in [-0.15, -0.1) is 0 Å². The van der Waals surface area contributed by atoms with Crippen LogP contribution in [0.3, 0.4) is 0 Å². The fourth-order valence-corrected chi connectivity index (χ4v) is 6.61. The van der Waals surface area contributed by atoms with Crippen LogP contribution in [0.1, 0.15) is 34.2 Å². The van der Waals surface area contributed by atoms with Gasteiger partial charge < -0.3 is 9.47 Å². The van der Waals surface area contributed by atoms with Crippen LogP contribution in [0.15, 0.2) is 30.3 Å². The molecule has 0 unspecified atom stereocenters. The minimum atomic E-state index is -2.97. The van der Waals surface area contributed by atoms with Gasteiger partial charge in [-0.25, -0.2) is 8.42 Å². The van der Waals surface area contributed by atoms with Gasteiger partial charge in [0.2, 0.25) is 0 Å². The fourth-order valence-electron chi connectivity index (χ4n) is 4.73. The first-order chi connectivity index (χ1) is 14.2. The number of hydrogen-bond donors (Lipinski definition) is 0.